The molecule has 0 unspecified atom stereocenters. The van der Waals surface area contributed by atoms with Crippen LogP contribution in [-0.2, 0) is 16.8 Å². The van der Waals surface area contributed by atoms with Crippen molar-refractivity contribution in [3.8, 4) is 28.7 Å². The lowest BCUT2D eigenvalue weighted by Crippen LogP contribution is -2.29. The van der Waals surface area contributed by atoms with Crippen molar-refractivity contribution < 1.29 is 14.7 Å². The Morgan fingerprint density at radius 1 is 1.11 bits per heavy atom. The highest BCUT2D eigenvalue weighted by Crippen LogP contribution is 2.34. The van der Waals surface area contributed by atoms with Gasteiger partial charge in [-0.1, -0.05) is 30.3 Å². The molecule has 2 aromatic carbocycles. The van der Waals surface area contributed by atoms with Gasteiger partial charge >= 0.3 is 5.97 Å². The molecule has 1 aliphatic rings. The van der Waals surface area contributed by atoms with E-state index >= 15 is 0 Å². The van der Waals surface area contributed by atoms with E-state index in [1.807, 2.05) is 48.7 Å². The Balaban J connectivity index is 1.47. The summed E-state index contributed by atoms with van der Waals surface area (Å²) in [5, 5.41) is 27.5. The van der Waals surface area contributed by atoms with Crippen molar-refractivity contribution in [1.82, 2.24) is 19.7 Å². The van der Waals surface area contributed by atoms with Gasteiger partial charge in [0.15, 0.2) is 5.82 Å². The molecule has 190 valence electrons. The second-order valence-electron chi connectivity index (χ2n) is 10.1. The van der Waals surface area contributed by atoms with E-state index in [0.29, 0.717) is 40.6 Å². The molecule has 2 aromatic heterocycles. The van der Waals surface area contributed by atoms with Crippen LogP contribution < -0.4 is 4.90 Å². The van der Waals surface area contributed by atoms with Gasteiger partial charge in [-0.2, -0.15) is 5.26 Å². The third-order valence-corrected chi connectivity index (χ3v) is 6.96. The summed E-state index contributed by atoms with van der Waals surface area (Å²) in [6.07, 6.45) is 1.67. The maximum Gasteiger partial charge on any atom is 0.313 e. The number of amides is 1. The van der Waals surface area contributed by atoms with Crippen LogP contribution in [0.4, 0.5) is 5.82 Å². The molecule has 3 heterocycles. The molecule has 0 saturated carbocycles. The molecule has 1 amide bonds. The lowest BCUT2D eigenvalue weighted by atomic mass is 9.81. The van der Waals surface area contributed by atoms with Gasteiger partial charge in [-0.05, 0) is 74.2 Å². The highest BCUT2D eigenvalue weighted by atomic mass is 16.4. The number of hydrogen-bond acceptors (Lipinski definition) is 6. The fourth-order valence-electron chi connectivity index (χ4n) is 4.64. The van der Waals surface area contributed by atoms with Crippen LogP contribution in [-0.4, -0.2) is 36.7 Å². The Morgan fingerprint density at radius 2 is 1.84 bits per heavy atom. The van der Waals surface area contributed by atoms with E-state index in [0.717, 1.165) is 16.7 Å². The van der Waals surface area contributed by atoms with Gasteiger partial charge in [-0.3, -0.25) is 14.5 Å². The lowest BCUT2D eigenvalue weighted by molar-refractivity contribution is -0.142. The van der Waals surface area contributed by atoms with Gasteiger partial charge in [-0.15, -0.1) is 10.2 Å². The second-order valence-corrected chi connectivity index (χ2v) is 10.1. The average Bonchev–Trinajstić information content (AvgIpc) is 3.53. The summed E-state index contributed by atoms with van der Waals surface area (Å²) < 4.78 is 1.93. The number of benzene rings is 2. The number of carboxylic acids is 1. The van der Waals surface area contributed by atoms with E-state index in [2.05, 4.69) is 16.3 Å². The number of carbonyl (C=O) groups excluding carboxylic acids is 1. The van der Waals surface area contributed by atoms with Crippen LogP contribution in [0.3, 0.4) is 0 Å². The molecule has 0 saturated heterocycles. The zero-order chi connectivity index (χ0) is 27.2. The Labute approximate surface area is 220 Å². The summed E-state index contributed by atoms with van der Waals surface area (Å²) in [5.74, 6) is -0.0141. The molecule has 0 fully saturated rings. The number of hydrogen-bond donors (Lipinski definition) is 1. The van der Waals surface area contributed by atoms with Crippen molar-refractivity contribution in [2.45, 2.75) is 45.7 Å². The minimum atomic E-state index is -1.21. The molecule has 0 atom stereocenters. The highest BCUT2D eigenvalue weighted by molar-refractivity contribution is 6.10. The van der Waals surface area contributed by atoms with Crippen molar-refractivity contribution in [3.63, 3.8) is 0 Å². The zero-order valence-electron chi connectivity index (χ0n) is 21.5. The minimum absolute atomic E-state index is 0.160. The standard InChI is InChI=1S/C29H26N6O3/c1-17(2)35-16-31-33-26(35)24-6-5-7-25(32-24)34-15-20-9-8-19(13-22(20)27(34)36)18-10-11-23(21(12-18)14-30)29(3,4)28(37)38/h5-13,16-17H,15H2,1-4H3,(H,37,38). The molecular formula is C29H26N6O3. The number of carboxylic acid groups (broad SMARTS) is 1. The van der Waals surface area contributed by atoms with Gasteiger partial charge < -0.3 is 9.67 Å². The molecule has 9 nitrogen and oxygen atoms in total. The van der Waals surface area contributed by atoms with Gasteiger partial charge in [-0.25, -0.2) is 4.98 Å². The molecule has 0 spiro atoms. The van der Waals surface area contributed by atoms with E-state index in [4.69, 9.17) is 4.98 Å². The third kappa shape index (κ3) is 4.10. The van der Waals surface area contributed by atoms with E-state index in [1.54, 1.807) is 49.3 Å². The number of aliphatic carboxylic acids is 1. The maximum atomic E-state index is 13.5. The molecular weight excluding hydrogens is 480 g/mol. The number of nitriles is 1. The molecule has 0 radical (unpaired) electrons. The predicted molar refractivity (Wildman–Crippen MR) is 141 cm³/mol. The van der Waals surface area contributed by atoms with Crippen LogP contribution in [0.15, 0.2) is 60.9 Å². The second kappa shape index (κ2) is 9.23. The van der Waals surface area contributed by atoms with E-state index in [9.17, 15) is 20.0 Å². The number of aromatic nitrogens is 4. The number of pyridine rings is 1. The quantitative estimate of drug-likeness (QED) is 0.391. The van der Waals surface area contributed by atoms with Crippen LogP contribution in [0.5, 0.6) is 0 Å². The summed E-state index contributed by atoms with van der Waals surface area (Å²) in [6, 6.07) is 18.5. The van der Waals surface area contributed by atoms with Crippen LogP contribution in [0.1, 0.15) is 60.8 Å². The van der Waals surface area contributed by atoms with Gasteiger partial charge in [0.1, 0.15) is 17.8 Å². The fraction of sp³-hybridized carbons (Fsp3) is 0.241. The lowest BCUT2D eigenvalue weighted by Gasteiger charge is -2.21. The smallest absolute Gasteiger partial charge is 0.313 e. The van der Waals surface area contributed by atoms with Crippen LogP contribution in [0.25, 0.3) is 22.6 Å². The Morgan fingerprint density at radius 3 is 2.55 bits per heavy atom. The monoisotopic (exact) mass is 506 g/mol. The van der Waals surface area contributed by atoms with Gasteiger partial charge in [0.2, 0.25) is 0 Å². The Hall–Kier alpha value is -4.84. The van der Waals surface area contributed by atoms with Crippen molar-refractivity contribution >= 4 is 17.7 Å². The molecule has 9 heteroatoms. The maximum absolute atomic E-state index is 13.5. The van der Waals surface area contributed by atoms with Crippen molar-refractivity contribution in [1.29, 1.82) is 5.26 Å². The number of anilines is 1. The molecule has 0 bridgehead atoms. The Bertz CT molecular complexity index is 1630. The first-order chi connectivity index (χ1) is 18.1. The fourth-order valence-corrected chi connectivity index (χ4v) is 4.64. The van der Waals surface area contributed by atoms with E-state index in [1.165, 1.54) is 0 Å². The van der Waals surface area contributed by atoms with Gasteiger partial charge in [0.25, 0.3) is 5.91 Å². The van der Waals surface area contributed by atoms with E-state index < -0.39 is 11.4 Å². The highest BCUT2D eigenvalue weighted by Gasteiger charge is 2.33. The number of carbonyl (C=O) groups is 2. The molecule has 5 rings (SSSR count). The zero-order valence-corrected chi connectivity index (χ0v) is 21.5. The first-order valence-electron chi connectivity index (χ1n) is 12.2. The van der Waals surface area contributed by atoms with Gasteiger partial charge in [0.05, 0.1) is 23.6 Å². The summed E-state index contributed by atoms with van der Waals surface area (Å²) in [4.78, 5) is 31.6. The number of nitrogens with zero attached hydrogens (tertiary/aromatic N) is 6. The molecule has 0 aliphatic carbocycles. The van der Waals surface area contributed by atoms with Crippen molar-refractivity contribution in [2.75, 3.05) is 4.90 Å². The first-order valence-corrected chi connectivity index (χ1v) is 12.2. The minimum Gasteiger partial charge on any atom is -0.481 e. The molecule has 38 heavy (non-hydrogen) atoms. The number of fused-ring (bicyclic) bond motifs is 1. The molecule has 1 aliphatic heterocycles. The van der Waals surface area contributed by atoms with Crippen LogP contribution in [0.2, 0.25) is 0 Å². The SMILES string of the molecule is CC(C)n1cnnc1-c1cccc(N2Cc3ccc(-c4ccc(C(C)(C)C(=O)O)c(C#N)c4)cc3C2=O)n1. The van der Waals surface area contributed by atoms with Gasteiger partial charge in [0, 0.05) is 11.6 Å². The van der Waals surface area contributed by atoms with Crippen LogP contribution in [0, 0.1) is 11.3 Å². The predicted octanol–water partition coefficient (Wildman–Crippen LogP) is 4.98. The first kappa shape index (κ1) is 24.8. The number of rotatable bonds is 6. The summed E-state index contributed by atoms with van der Waals surface area (Å²) >= 11 is 0. The largest absolute Gasteiger partial charge is 0.481 e. The van der Waals surface area contributed by atoms with Crippen molar-refractivity contribution in [2.24, 2.45) is 0 Å². The normalized spacial score (nSPS) is 13.1. The van der Waals surface area contributed by atoms with Crippen LogP contribution >= 0.6 is 0 Å². The van der Waals surface area contributed by atoms with E-state index in [-0.39, 0.29) is 11.9 Å². The van der Waals surface area contributed by atoms with Crippen molar-refractivity contribution in [3.05, 3.63) is 83.2 Å². The molecule has 1 N–H and O–H groups in total. The Kier molecular flexibility index (Phi) is 6.03. The third-order valence-electron chi connectivity index (χ3n) is 6.96. The average molecular weight is 507 g/mol. The topological polar surface area (TPSA) is 125 Å². The summed E-state index contributed by atoms with van der Waals surface area (Å²) in [7, 11) is 0. The summed E-state index contributed by atoms with van der Waals surface area (Å²) in [6.45, 7) is 7.61. The summed E-state index contributed by atoms with van der Waals surface area (Å²) in [5.41, 5.74) is 3.09. The molecule has 4 aromatic rings.